The monoisotopic (exact) mass is 269 g/mol. The van der Waals surface area contributed by atoms with Gasteiger partial charge in [-0.15, -0.1) is 0 Å². The van der Waals surface area contributed by atoms with Gasteiger partial charge >= 0.3 is 5.97 Å². The number of ether oxygens (including phenoxy) is 1. The molecule has 1 saturated carbocycles. The van der Waals surface area contributed by atoms with Crippen molar-refractivity contribution in [1.29, 1.82) is 0 Å². The minimum Gasteiger partial charge on any atom is -0.459 e. The lowest BCUT2D eigenvalue weighted by Gasteiger charge is -2.39. The molecular weight excluding hydrogens is 242 g/mol. The molecule has 0 radical (unpaired) electrons. The van der Waals surface area contributed by atoms with Gasteiger partial charge in [0.05, 0.1) is 5.41 Å². The van der Waals surface area contributed by atoms with E-state index in [4.69, 9.17) is 4.74 Å². The lowest BCUT2D eigenvalue weighted by Crippen LogP contribution is -2.47. The molecular formula is C15H27NO3. The number of carbonyl (C=O) groups excluding carboxylic acids is 2. The molecule has 1 aliphatic rings. The lowest BCUT2D eigenvalue weighted by atomic mass is 9.82. The van der Waals surface area contributed by atoms with Gasteiger partial charge in [0.2, 0.25) is 5.91 Å². The van der Waals surface area contributed by atoms with Crippen LogP contribution in [-0.2, 0) is 14.3 Å². The summed E-state index contributed by atoms with van der Waals surface area (Å²) in [6, 6.07) is 0.119. The van der Waals surface area contributed by atoms with Crippen LogP contribution in [0.15, 0.2) is 0 Å². The Kier molecular flexibility index (Phi) is 4.99. The fourth-order valence-corrected chi connectivity index (χ4v) is 2.46. The van der Waals surface area contributed by atoms with Crippen LogP contribution < -0.4 is 5.32 Å². The maximum atomic E-state index is 12.2. The van der Waals surface area contributed by atoms with Crippen LogP contribution in [0.4, 0.5) is 0 Å². The Morgan fingerprint density at radius 3 is 2.58 bits per heavy atom. The van der Waals surface area contributed by atoms with E-state index in [0.717, 1.165) is 25.7 Å². The molecule has 1 aliphatic carbocycles. The zero-order chi connectivity index (χ0) is 14.7. The van der Waals surface area contributed by atoms with Crippen LogP contribution >= 0.6 is 0 Å². The van der Waals surface area contributed by atoms with Gasteiger partial charge in [0.15, 0.2) is 0 Å². The molecule has 110 valence electrons. The number of esters is 1. The first-order chi connectivity index (χ1) is 8.68. The number of rotatable bonds is 4. The van der Waals surface area contributed by atoms with Crippen molar-refractivity contribution in [2.24, 2.45) is 5.41 Å². The molecule has 2 unspecified atom stereocenters. The third kappa shape index (κ3) is 4.51. The zero-order valence-electron chi connectivity index (χ0n) is 12.8. The molecule has 0 aromatic heterocycles. The zero-order valence-corrected chi connectivity index (χ0v) is 12.8. The fraction of sp³-hybridized carbons (Fsp3) is 0.867. The summed E-state index contributed by atoms with van der Waals surface area (Å²) in [7, 11) is 0. The maximum absolute atomic E-state index is 12.2. The van der Waals surface area contributed by atoms with E-state index in [0.29, 0.717) is 6.42 Å². The van der Waals surface area contributed by atoms with Crippen molar-refractivity contribution in [2.75, 3.05) is 0 Å². The molecule has 0 spiro atoms. The van der Waals surface area contributed by atoms with E-state index in [-0.39, 0.29) is 17.9 Å². The van der Waals surface area contributed by atoms with Crippen molar-refractivity contribution in [3.8, 4) is 0 Å². The van der Waals surface area contributed by atoms with Crippen molar-refractivity contribution >= 4 is 11.9 Å². The topological polar surface area (TPSA) is 55.4 Å². The second kappa shape index (κ2) is 5.93. The van der Waals surface area contributed by atoms with E-state index in [9.17, 15) is 9.59 Å². The van der Waals surface area contributed by atoms with Crippen molar-refractivity contribution in [3.63, 3.8) is 0 Å². The number of nitrogens with one attached hydrogen (secondary N) is 1. The average molecular weight is 269 g/mol. The van der Waals surface area contributed by atoms with Crippen molar-refractivity contribution in [2.45, 2.75) is 78.4 Å². The average Bonchev–Trinajstić information content (AvgIpc) is 2.27. The molecule has 0 saturated heterocycles. The van der Waals surface area contributed by atoms with Crippen molar-refractivity contribution in [1.82, 2.24) is 5.32 Å². The number of carbonyl (C=O) groups is 2. The van der Waals surface area contributed by atoms with Gasteiger partial charge in [-0.2, -0.15) is 0 Å². The van der Waals surface area contributed by atoms with Gasteiger partial charge in [-0.3, -0.25) is 9.59 Å². The molecule has 0 aliphatic heterocycles. The first-order valence-corrected chi connectivity index (χ1v) is 7.19. The predicted octanol–water partition coefficient (Wildman–Crippen LogP) is 2.80. The second-order valence-electron chi connectivity index (χ2n) is 6.57. The molecule has 0 heterocycles. The van der Waals surface area contributed by atoms with Crippen LogP contribution in [0.1, 0.15) is 66.7 Å². The minimum atomic E-state index is -0.450. The van der Waals surface area contributed by atoms with Gasteiger partial charge in [0.25, 0.3) is 0 Å². The third-order valence-electron chi connectivity index (χ3n) is 4.12. The van der Waals surface area contributed by atoms with E-state index < -0.39 is 11.0 Å². The Balaban J connectivity index is 2.65. The van der Waals surface area contributed by atoms with E-state index in [1.54, 1.807) is 0 Å². The Bertz CT molecular complexity index is 351. The Morgan fingerprint density at radius 2 is 2.05 bits per heavy atom. The molecule has 1 fully saturated rings. The standard InChI is InChI=1S/C15H27NO3/c1-6-14(3,4)13(18)19-15(5)9-7-8-12(10-15)16-11(2)17/h12H,6-10H2,1-5H3,(H,16,17). The Morgan fingerprint density at radius 1 is 1.42 bits per heavy atom. The SMILES string of the molecule is CCC(C)(C)C(=O)OC1(C)CCCC(NC(C)=O)C1. The van der Waals surface area contributed by atoms with Crippen LogP contribution in [0.3, 0.4) is 0 Å². The van der Waals surface area contributed by atoms with Crippen LogP contribution in [0.25, 0.3) is 0 Å². The number of hydrogen-bond donors (Lipinski definition) is 1. The summed E-state index contributed by atoms with van der Waals surface area (Å²) in [5, 5.41) is 2.93. The molecule has 0 bridgehead atoms. The lowest BCUT2D eigenvalue weighted by molar-refractivity contribution is -0.172. The van der Waals surface area contributed by atoms with Gasteiger partial charge in [0.1, 0.15) is 5.60 Å². The van der Waals surface area contributed by atoms with Crippen LogP contribution in [0.5, 0.6) is 0 Å². The first kappa shape index (κ1) is 16.0. The predicted molar refractivity (Wildman–Crippen MR) is 74.6 cm³/mol. The normalized spacial score (nSPS) is 27.7. The molecule has 2 atom stereocenters. The molecule has 4 nitrogen and oxygen atoms in total. The second-order valence-corrected chi connectivity index (χ2v) is 6.57. The van der Waals surface area contributed by atoms with Gasteiger partial charge in [-0.25, -0.2) is 0 Å². The molecule has 1 amide bonds. The molecule has 19 heavy (non-hydrogen) atoms. The van der Waals surface area contributed by atoms with E-state index in [2.05, 4.69) is 5.32 Å². The fourth-order valence-electron chi connectivity index (χ4n) is 2.46. The van der Waals surface area contributed by atoms with Crippen molar-refractivity contribution in [3.05, 3.63) is 0 Å². The molecule has 1 rings (SSSR count). The largest absolute Gasteiger partial charge is 0.459 e. The van der Waals surface area contributed by atoms with Crippen LogP contribution in [-0.4, -0.2) is 23.5 Å². The highest BCUT2D eigenvalue weighted by Crippen LogP contribution is 2.34. The summed E-state index contributed by atoms with van der Waals surface area (Å²) in [6.45, 7) is 9.31. The highest BCUT2D eigenvalue weighted by Gasteiger charge is 2.39. The van der Waals surface area contributed by atoms with Crippen LogP contribution in [0, 0.1) is 5.41 Å². The van der Waals surface area contributed by atoms with Crippen molar-refractivity contribution < 1.29 is 14.3 Å². The molecule has 1 N–H and O–H groups in total. The Hall–Kier alpha value is -1.06. The van der Waals surface area contributed by atoms with Crippen LogP contribution in [0.2, 0.25) is 0 Å². The highest BCUT2D eigenvalue weighted by atomic mass is 16.6. The summed E-state index contributed by atoms with van der Waals surface area (Å²) in [5.41, 5.74) is -0.890. The number of amides is 1. The van der Waals surface area contributed by atoms with E-state index >= 15 is 0 Å². The Labute approximate surface area is 116 Å². The van der Waals surface area contributed by atoms with Gasteiger partial charge < -0.3 is 10.1 Å². The van der Waals surface area contributed by atoms with E-state index in [1.165, 1.54) is 6.92 Å². The summed E-state index contributed by atoms with van der Waals surface area (Å²) >= 11 is 0. The highest BCUT2D eigenvalue weighted by molar-refractivity contribution is 5.76. The van der Waals surface area contributed by atoms with Gasteiger partial charge in [-0.05, 0) is 46.5 Å². The van der Waals surface area contributed by atoms with E-state index in [1.807, 2.05) is 27.7 Å². The maximum Gasteiger partial charge on any atom is 0.312 e. The first-order valence-electron chi connectivity index (χ1n) is 7.19. The number of hydrogen-bond acceptors (Lipinski definition) is 3. The quantitative estimate of drug-likeness (QED) is 0.798. The summed E-state index contributed by atoms with van der Waals surface area (Å²) < 4.78 is 5.76. The van der Waals surface area contributed by atoms with Gasteiger partial charge in [0, 0.05) is 19.4 Å². The summed E-state index contributed by atoms with van der Waals surface area (Å²) in [4.78, 5) is 23.3. The molecule has 0 aromatic carbocycles. The summed E-state index contributed by atoms with van der Waals surface area (Å²) in [6.07, 6.45) is 4.27. The smallest absolute Gasteiger partial charge is 0.312 e. The molecule has 0 aromatic rings. The van der Waals surface area contributed by atoms with Gasteiger partial charge in [-0.1, -0.05) is 6.92 Å². The summed E-state index contributed by atoms with van der Waals surface area (Å²) in [5.74, 6) is -0.157. The third-order valence-corrected chi connectivity index (χ3v) is 4.12. The molecule has 4 heteroatoms. The minimum absolute atomic E-state index is 0.0190.